The van der Waals surface area contributed by atoms with Crippen molar-refractivity contribution < 1.29 is 4.57 Å². The second kappa shape index (κ2) is 6.72. The van der Waals surface area contributed by atoms with Crippen LogP contribution in [0, 0.1) is 13.5 Å². The van der Waals surface area contributed by atoms with E-state index in [4.69, 9.17) is 6.57 Å². The topological polar surface area (TPSA) is 8.24 Å². The van der Waals surface area contributed by atoms with Gasteiger partial charge in [0.2, 0.25) is 5.69 Å². The van der Waals surface area contributed by atoms with Crippen LogP contribution in [0.4, 0.5) is 5.69 Å². The summed E-state index contributed by atoms with van der Waals surface area (Å²) < 4.78 is 2.19. The molecule has 1 heterocycles. The molecule has 0 radical (unpaired) electrons. The Kier molecular flexibility index (Phi) is 4.03. The Morgan fingerprint density at radius 2 is 1.66 bits per heavy atom. The zero-order chi connectivity index (χ0) is 20.0. The van der Waals surface area contributed by atoms with Gasteiger partial charge in [-0.25, -0.2) is 9.41 Å². The third kappa shape index (κ3) is 2.75. The molecule has 2 nitrogen and oxygen atoms in total. The summed E-state index contributed by atoms with van der Waals surface area (Å²) in [6, 6.07) is 25.4. The third-order valence-corrected chi connectivity index (χ3v) is 5.88. The molecule has 5 rings (SSSR count). The summed E-state index contributed by atoms with van der Waals surface area (Å²) in [4.78, 5) is 3.65. The quantitative estimate of drug-likeness (QED) is 0.254. The molecule has 0 N–H and O–H groups in total. The number of hydrogen-bond donors (Lipinski definition) is 0. The molecule has 0 spiro atoms. The first kappa shape index (κ1) is 17.4. The Morgan fingerprint density at radius 3 is 2.41 bits per heavy atom. The molecule has 0 aliphatic heterocycles. The van der Waals surface area contributed by atoms with Crippen LogP contribution in [-0.4, -0.2) is 0 Å². The molecule has 3 aromatic carbocycles. The summed E-state index contributed by atoms with van der Waals surface area (Å²) >= 11 is 0. The van der Waals surface area contributed by atoms with Gasteiger partial charge in [-0.3, -0.25) is 0 Å². The first-order chi connectivity index (χ1) is 14.2. The number of rotatable bonds is 2. The Morgan fingerprint density at radius 1 is 0.862 bits per heavy atom. The van der Waals surface area contributed by atoms with Crippen LogP contribution < -0.4 is 4.57 Å². The molecule has 138 valence electrons. The molecule has 29 heavy (non-hydrogen) atoms. The van der Waals surface area contributed by atoms with E-state index in [0.29, 0.717) is 5.69 Å². The molecule has 0 bridgehead atoms. The van der Waals surface area contributed by atoms with Crippen LogP contribution in [0.2, 0.25) is 0 Å². The van der Waals surface area contributed by atoms with Crippen LogP contribution in [-0.2, 0) is 13.5 Å². The monoisotopic (exact) mass is 373 g/mol. The van der Waals surface area contributed by atoms with Crippen molar-refractivity contribution in [1.82, 2.24) is 0 Å². The van der Waals surface area contributed by atoms with Crippen LogP contribution in [0.25, 0.3) is 38.4 Å². The number of aryl methyl sites for hydroxylation is 2. The smallest absolute Gasteiger partial charge is 0.212 e. The van der Waals surface area contributed by atoms with Crippen molar-refractivity contribution in [3.8, 4) is 33.5 Å². The molecule has 2 heteroatoms. The minimum atomic E-state index is 0.710. The lowest BCUT2D eigenvalue weighted by Gasteiger charge is -2.16. The Hall–Kier alpha value is -3.70. The maximum Gasteiger partial charge on any atom is 0.212 e. The van der Waals surface area contributed by atoms with Gasteiger partial charge in [0.05, 0.1) is 12.1 Å². The molecule has 1 aromatic heterocycles. The van der Waals surface area contributed by atoms with Crippen molar-refractivity contribution in [1.29, 1.82) is 0 Å². The van der Waals surface area contributed by atoms with Gasteiger partial charge in [-0.15, -0.1) is 0 Å². The van der Waals surface area contributed by atoms with Crippen molar-refractivity contribution in [2.24, 2.45) is 7.05 Å². The minimum absolute atomic E-state index is 0.710. The van der Waals surface area contributed by atoms with Crippen molar-refractivity contribution in [2.45, 2.75) is 13.3 Å². The minimum Gasteiger partial charge on any atom is -0.238 e. The molecule has 0 unspecified atom stereocenters. The predicted molar refractivity (Wildman–Crippen MR) is 118 cm³/mol. The van der Waals surface area contributed by atoms with Gasteiger partial charge in [-0.1, -0.05) is 48.5 Å². The predicted octanol–water partition coefficient (Wildman–Crippen LogP) is 6.28. The van der Waals surface area contributed by atoms with Crippen LogP contribution in [0.15, 0.2) is 79.0 Å². The number of pyridine rings is 1. The fourth-order valence-corrected chi connectivity index (χ4v) is 4.59. The van der Waals surface area contributed by atoms with E-state index in [1.165, 1.54) is 50.2 Å². The second-order valence-corrected chi connectivity index (χ2v) is 7.66. The first-order valence-corrected chi connectivity index (χ1v) is 9.85. The molecule has 1 aliphatic carbocycles. The number of nitrogens with zero attached hydrogens (tertiary/aromatic N) is 2. The molecule has 0 fully saturated rings. The summed E-state index contributed by atoms with van der Waals surface area (Å²) in [7, 11) is 2.10. The van der Waals surface area contributed by atoms with Crippen LogP contribution in [0.3, 0.4) is 0 Å². The highest BCUT2D eigenvalue weighted by atomic mass is 14.9. The highest BCUT2D eigenvalue weighted by Crippen LogP contribution is 2.48. The molecular weight excluding hydrogens is 352 g/mol. The highest BCUT2D eigenvalue weighted by Gasteiger charge is 2.29. The molecule has 4 aromatic rings. The highest BCUT2D eigenvalue weighted by molar-refractivity contribution is 5.95. The standard InChI is InChI=1S/C27H21N2/c1-18-15-23(19-9-5-4-6-10-19)27-22-13-12-21(28-2)16-20(22)17-24(27)26(18)25-11-7-8-14-29(25)3/h4-16H,17H2,1,3H3/q+1. The summed E-state index contributed by atoms with van der Waals surface area (Å²) in [5, 5.41) is 0. The molecular formula is C27H21N2+. The van der Waals surface area contributed by atoms with E-state index in [2.05, 4.69) is 96.3 Å². The van der Waals surface area contributed by atoms with Crippen molar-refractivity contribution in [2.75, 3.05) is 0 Å². The van der Waals surface area contributed by atoms with E-state index >= 15 is 0 Å². The van der Waals surface area contributed by atoms with Crippen molar-refractivity contribution in [3.63, 3.8) is 0 Å². The van der Waals surface area contributed by atoms with Gasteiger partial charge < -0.3 is 0 Å². The molecule has 0 saturated carbocycles. The van der Waals surface area contributed by atoms with E-state index in [0.717, 1.165) is 6.42 Å². The normalized spacial score (nSPS) is 11.6. The summed E-state index contributed by atoms with van der Waals surface area (Å²) in [5.74, 6) is 0. The third-order valence-electron chi connectivity index (χ3n) is 5.88. The lowest BCUT2D eigenvalue weighted by atomic mass is 9.87. The van der Waals surface area contributed by atoms with Crippen LogP contribution in [0.1, 0.15) is 16.7 Å². The van der Waals surface area contributed by atoms with E-state index in [1.807, 2.05) is 6.07 Å². The maximum absolute atomic E-state index is 7.40. The van der Waals surface area contributed by atoms with E-state index < -0.39 is 0 Å². The number of hydrogen-bond acceptors (Lipinski definition) is 0. The molecule has 0 saturated heterocycles. The zero-order valence-electron chi connectivity index (χ0n) is 16.6. The largest absolute Gasteiger partial charge is 0.238 e. The van der Waals surface area contributed by atoms with Gasteiger partial charge >= 0.3 is 0 Å². The maximum atomic E-state index is 7.40. The van der Waals surface area contributed by atoms with Crippen LogP contribution in [0.5, 0.6) is 0 Å². The van der Waals surface area contributed by atoms with Gasteiger partial charge in [-0.05, 0) is 64.4 Å². The fourth-order valence-electron chi connectivity index (χ4n) is 4.59. The SMILES string of the molecule is [C-]#[N+]c1ccc2c(c1)Cc1c(-c3cccc[n+]3C)c(C)cc(-c3ccccc3)c1-2. The Labute approximate surface area is 171 Å². The number of fused-ring (bicyclic) bond motifs is 3. The number of aromatic nitrogens is 1. The van der Waals surface area contributed by atoms with E-state index in [1.54, 1.807) is 0 Å². The number of benzene rings is 3. The zero-order valence-corrected chi connectivity index (χ0v) is 16.6. The Balaban J connectivity index is 1.86. The van der Waals surface area contributed by atoms with Gasteiger partial charge in [0.15, 0.2) is 11.9 Å². The molecule has 0 amide bonds. The fraction of sp³-hybridized carbons (Fsp3) is 0.111. The summed E-state index contributed by atoms with van der Waals surface area (Å²) in [6.07, 6.45) is 2.96. The van der Waals surface area contributed by atoms with Crippen molar-refractivity contribution in [3.05, 3.63) is 107 Å². The summed E-state index contributed by atoms with van der Waals surface area (Å²) in [5.41, 5.74) is 12.2. The molecule has 1 aliphatic rings. The summed E-state index contributed by atoms with van der Waals surface area (Å²) in [6.45, 7) is 9.62. The average Bonchev–Trinajstić information content (AvgIpc) is 3.13. The second-order valence-electron chi connectivity index (χ2n) is 7.66. The lowest BCUT2D eigenvalue weighted by molar-refractivity contribution is -0.660. The Bertz CT molecular complexity index is 1290. The van der Waals surface area contributed by atoms with E-state index in [9.17, 15) is 0 Å². The van der Waals surface area contributed by atoms with Crippen molar-refractivity contribution >= 4 is 5.69 Å². The first-order valence-electron chi connectivity index (χ1n) is 9.85. The lowest BCUT2D eigenvalue weighted by Crippen LogP contribution is -2.30. The molecule has 0 atom stereocenters. The van der Waals surface area contributed by atoms with Gasteiger partial charge in [0, 0.05) is 12.1 Å². The average molecular weight is 373 g/mol. The van der Waals surface area contributed by atoms with Crippen LogP contribution >= 0.6 is 0 Å². The van der Waals surface area contributed by atoms with Gasteiger partial charge in [0.1, 0.15) is 7.05 Å². The van der Waals surface area contributed by atoms with E-state index in [-0.39, 0.29) is 0 Å². The van der Waals surface area contributed by atoms with Gasteiger partial charge in [-0.2, -0.15) is 0 Å². The van der Waals surface area contributed by atoms with Gasteiger partial charge in [0.25, 0.3) is 0 Å².